The quantitative estimate of drug-likeness (QED) is 0.805. The van der Waals surface area contributed by atoms with Crippen molar-refractivity contribution in [2.75, 3.05) is 0 Å². The van der Waals surface area contributed by atoms with Crippen molar-refractivity contribution in [2.24, 2.45) is 14.1 Å². The molecule has 6 nitrogen and oxygen atoms in total. The van der Waals surface area contributed by atoms with E-state index in [0.717, 1.165) is 18.6 Å². The van der Waals surface area contributed by atoms with Gasteiger partial charge in [0.2, 0.25) is 6.10 Å². The SMILES string of the molecule is Cn1cc(C(=O)O[C@H](c2cnn(C)c2)C(F)(F)F)cn1. The predicted octanol–water partition coefficient (Wildman–Crippen LogP) is 1.61. The number of carbonyl (C=O) groups excluding carboxylic acids is 1. The van der Waals surface area contributed by atoms with Crippen LogP contribution in [0.1, 0.15) is 22.0 Å². The molecule has 2 aromatic heterocycles. The summed E-state index contributed by atoms with van der Waals surface area (Å²) >= 11 is 0. The maximum atomic E-state index is 13.0. The summed E-state index contributed by atoms with van der Waals surface area (Å²) in [4.78, 5) is 11.7. The molecular formula is C11H11F3N4O2. The Morgan fingerprint density at radius 1 is 1.20 bits per heavy atom. The molecule has 9 heteroatoms. The van der Waals surface area contributed by atoms with Crippen LogP contribution in [0.3, 0.4) is 0 Å². The lowest BCUT2D eigenvalue weighted by Crippen LogP contribution is -2.26. The van der Waals surface area contributed by atoms with E-state index in [0.29, 0.717) is 0 Å². The van der Waals surface area contributed by atoms with Crippen molar-refractivity contribution < 1.29 is 22.7 Å². The van der Waals surface area contributed by atoms with Crippen LogP contribution in [0.5, 0.6) is 0 Å². The summed E-state index contributed by atoms with van der Waals surface area (Å²) < 4.78 is 45.9. The summed E-state index contributed by atoms with van der Waals surface area (Å²) in [5.41, 5.74) is -0.289. The predicted molar refractivity (Wildman–Crippen MR) is 60.6 cm³/mol. The summed E-state index contributed by atoms with van der Waals surface area (Å²) in [6.45, 7) is 0. The molecular weight excluding hydrogens is 277 g/mol. The van der Waals surface area contributed by atoms with Gasteiger partial charge in [0.15, 0.2) is 0 Å². The van der Waals surface area contributed by atoms with Crippen molar-refractivity contribution in [3.63, 3.8) is 0 Å². The number of alkyl halides is 3. The zero-order valence-electron chi connectivity index (χ0n) is 10.6. The van der Waals surface area contributed by atoms with E-state index >= 15 is 0 Å². The molecule has 0 fully saturated rings. The van der Waals surface area contributed by atoms with Crippen LogP contribution in [0.25, 0.3) is 0 Å². The van der Waals surface area contributed by atoms with Gasteiger partial charge >= 0.3 is 12.1 Å². The first-order valence-electron chi connectivity index (χ1n) is 5.52. The molecule has 108 valence electrons. The number of hydrogen-bond donors (Lipinski definition) is 0. The van der Waals surface area contributed by atoms with Crippen molar-refractivity contribution in [1.82, 2.24) is 19.6 Å². The highest BCUT2D eigenvalue weighted by Gasteiger charge is 2.45. The van der Waals surface area contributed by atoms with E-state index in [1.807, 2.05) is 0 Å². The van der Waals surface area contributed by atoms with E-state index in [-0.39, 0.29) is 11.1 Å². The smallest absolute Gasteiger partial charge is 0.429 e. The normalized spacial score (nSPS) is 13.2. The van der Waals surface area contributed by atoms with Gasteiger partial charge in [-0.3, -0.25) is 9.36 Å². The molecule has 20 heavy (non-hydrogen) atoms. The van der Waals surface area contributed by atoms with Gasteiger partial charge in [0.05, 0.1) is 18.0 Å². The van der Waals surface area contributed by atoms with Crippen molar-refractivity contribution in [3.05, 3.63) is 35.9 Å². The molecule has 0 saturated carbocycles. The Labute approximate surface area is 111 Å². The van der Waals surface area contributed by atoms with Crippen LogP contribution < -0.4 is 0 Å². The Morgan fingerprint density at radius 2 is 1.80 bits per heavy atom. The second-order valence-electron chi connectivity index (χ2n) is 4.18. The Kier molecular flexibility index (Phi) is 3.51. The fraction of sp³-hybridized carbons (Fsp3) is 0.364. The number of ether oxygens (including phenoxy) is 1. The lowest BCUT2D eigenvalue weighted by molar-refractivity contribution is -0.207. The molecule has 0 aliphatic carbocycles. The van der Waals surface area contributed by atoms with Gasteiger partial charge in [0.25, 0.3) is 0 Å². The fourth-order valence-corrected chi connectivity index (χ4v) is 1.60. The zero-order chi connectivity index (χ0) is 14.9. The van der Waals surface area contributed by atoms with E-state index in [1.165, 1.54) is 22.6 Å². The van der Waals surface area contributed by atoms with Crippen molar-refractivity contribution in [1.29, 1.82) is 0 Å². The molecule has 0 spiro atoms. The van der Waals surface area contributed by atoms with E-state index < -0.39 is 18.2 Å². The van der Waals surface area contributed by atoms with Crippen molar-refractivity contribution >= 4 is 5.97 Å². The number of carbonyl (C=O) groups is 1. The molecule has 0 aliphatic heterocycles. The Hall–Kier alpha value is -2.32. The van der Waals surface area contributed by atoms with Gasteiger partial charge in [-0.15, -0.1) is 0 Å². The number of halogens is 3. The van der Waals surface area contributed by atoms with Gasteiger partial charge in [-0.2, -0.15) is 23.4 Å². The van der Waals surface area contributed by atoms with Crippen LogP contribution in [0, 0.1) is 0 Å². The van der Waals surface area contributed by atoms with Gasteiger partial charge in [0.1, 0.15) is 0 Å². The van der Waals surface area contributed by atoms with Crippen LogP contribution >= 0.6 is 0 Å². The zero-order valence-corrected chi connectivity index (χ0v) is 10.6. The Bertz CT molecular complexity index is 617. The van der Waals surface area contributed by atoms with Gasteiger partial charge in [-0.1, -0.05) is 0 Å². The van der Waals surface area contributed by atoms with Gasteiger partial charge < -0.3 is 4.74 Å². The van der Waals surface area contributed by atoms with Crippen LogP contribution in [0.2, 0.25) is 0 Å². The average molecular weight is 288 g/mol. The third kappa shape index (κ3) is 2.98. The highest BCUT2D eigenvalue weighted by Crippen LogP contribution is 2.36. The topological polar surface area (TPSA) is 61.9 Å². The molecule has 0 N–H and O–H groups in total. The van der Waals surface area contributed by atoms with Crippen molar-refractivity contribution in [3.8, 4) is 0 Å². The van der Waals surface area contributed by atoms with Crippen LogP contribution in [0.4, 0.5) is 13.2 Å². The molecule has 0 amide bonds. The standard InChI is InChI=1S/C11H11F3N4O2/c1-17-5-7(3-15-17)9(11(12,13)14)20-10(19)8-4-16-18(2)6-8/h3-6,9H,1-2H3/t9-/m1/s1. The Morgan fingerprint density at radius 3 is 2.25 bits per heavy atom. The molecule has 0 aliphatic rings. The maximum absolute atomic E-state index is 13.0. The first kappa shape index (κ1) is 14.1. The van der Waals surface area contributed by atoms with Crippen LogP contribution in [-0.2, 0) is 18.8 Å². The molecule has 1 atom stereocenters. The first-order valence-corrected chi connectivity index (χ1v) is 5.52. The molecule has 0 aromatic carbocycles. The minimum atomic E-state index is -4.72. The fourth-order valence-electron chi connectivity index (χ4n) is 1.60. The summed E-state index contributed by atoms with van der Waals surface area (Å²) in [6.07, 6.45) is -2.51. The molecule has 0 bridgehead atoms. The van der Waals surface area contributed by atoms with Gasteiger partial charge in [0, 0.05) is 32.1 Å². The number of aromatic nitrogens is 4. The van der Waals surface area contributed by atoms with Crippen molar-refractivity contribution in [2.45, 2.75) is 12.3 Å². The van der Waals surface area contributed by atoms with Gasteiger partial charge in [-0.05, 0) is 0 Å². The Balaban J connectivity index is 2.23. The first-order chi connectivity index (χ1) is 9.27. The summed E-state index contributed by atoms with van der Waals surface area (Å²) in [5.74, 6) is -1.09. The minimum absolute atomic E-state index is 0.0503. The molecule has 0 radical (unpaired) electrons. The summed E-state index contributed by atoms with van der Waals surface area (Å²) in [7, 11) is 3.01. The highest BCUT2D eigenvalue weighted by molar-refractivity contribution is 5.88. The highest BCUT2D eigenvalue weighted by atomic mass is 19.4. The average Bonchev–Trinajstić information content (AvgIpc) is 2.93. The number of rotatable bonds is 3. The van der Waals surface area contributed by atoms with E-state index in [2.05, 4.69) is 14.9 Å². The molecule has 2 aromatic rings. The number of hydrogen-bond acceptors (Lipinski definition) is 4. The third-order valence-corrected chi connectivity index (χ3v) is 2.49. The number of esters is 1. The third-order valence-electron chi connectivity index (χ3n) is 2.49. The lowest BCUT2D eigenvalue weighted by Gasteiger charge is -2.19. The van der Waals surface area contributed by atoms with E-state index in [4.69, 9.17) is 0 Å². The van der Waals surface area contributed by atoms with E-state index in [1.54, 1.807) is 7.05 Å². The molecule has 2 heterocycles. The lowest BCUT2D eigenvalue weighted by atomic mass is 10.2. The number of aryl methyl sites for hydroxylation is 2. The largest absolute Gasteiger partial charge is 0.444 e. The maximum Gasteiger partial charge on any atom is 0.429 e. The summed E-state index contributed by atoms with van der Waals surface area (Å²) in [5, 5.41) is 7.35. The second-order valence-corrected chi connectivity index (χ2v) is 4.18. The summed E-state index contributed by atoms with van der Waals surface area (Å²) in [6, 6.07) is 0. The minimum Gasteiger partial charge on any atom is -0.444 e. The number of nitrogens with zero attached hydrogens (tertiary/aromatic N) is 4. The van der Waals surface area contributed by atoms with Crippen LogP contribution in [0.15, 0.2) is 24.8 Å². The second kappa shape index (κ2) is 4.99. The van der Waals surface area contributed by atoms with Gasteiger partial charge in [-0.25, -0.2) is 4.79 Å². The van der Waals surface area contributed by atoms with Crippen LogP contribution in [-0.4, -0.2) is 31.7 Å². The van der Waals surface area contributed by atoms with E-state index in [9.17, 15) is 18.0 Å². The molecule has 0 unspecified atom stereocenters. The molecule has 2 rings (SSSR count). The molecule has 0 saturated heterocycles. The monoisotopic (exact) mass is 288 g/mol.